The second-order valence-corrected chi connectivity index (χ2v) is 3.81. The minimum Gasteiger partial charge on any atom is -0.355 e. The fourth-order valence-electron chi connectivity index (χ4n) is 1.60. The first kappa shape index (κ1) is 15.2. The molecular formula is C10H20ClN3O2. The van der Waals surface area contributed by atoms with Crippen molar-refractivity contribution in [3.63, 3.8) is 0 Å². The highest BCUT2D eigenvalue weighted by Gasteiger charge is 2.24. The zero-order chi connectivity index (χ0) is 11.3. The van der Waals surface area contributed by atoms with Crippen molar-refractivity contribution in [1.82, 2.24) is 16.0 Å². The van der Waals surface area contributed by atoms with Crippen LogP contribution in [0.1, 0.15) is 20.3 Å². The number of amides is 2. The monoisotopic (exact) mass is 249 g/mol. The Bertz CT molecular complexity index is 242. The first-order chi connectivity index (χ1) is 7.15. The lowest BCUT2D eigenvalue weighted by atomic mass is 10.1. The van der Waals surface area contributed by atoms with E-state index in [1.165, 1.54) is 0 Å². The van der Waals surface area contributed by atoms with E-state index in [-0.39, 0.29) is 30.1 Å². The summed E-state index contributed by atoms with van der Waals surface area (Å²) in [6.07, 6.45) is 0.855. The lowest BCUT2D eigenvalue weighted by Gasteiger charge is -2.15. The Balaban J connectivity index is 0.00000225. The van der Waals surface area contributed by atoms with E-state index in [1.807, 2.05) is 6.92 Å². The summed E-state index contributed by atoms with van der Waals surface area (Å²) in [6.45, 7) is 5.74. The molecule has 1 aliphatic heterocycles. The molecule has 0 bridgehead atoms. The summed E-state index contributed by atoms with van der Waals surface area (Å²) in [6, 6.07) is -0.446. The van der Waals surface area contributed by atoms with E-state index in [1.54, 1.807) is 6.92 Å². The van der Waals surface area contributed by atoms with Crippen LogP contribution >= 0.6 is 12.4 Å². The third-order valence-corrected chi connectivity index (χ3v) is 2.53. The Morgan fingerprint density at radius 3 is 2.69 bits per heavy atom. The minimum absolute atomic E-state index is 0. The van der Waals surface area contributed by atoms with Gasteiger partial charge in [-0.1, -0.05) is 0 Å². The molecule has 0 saturated carbocycles. The van der Waals surface area contributed by atoms with Gasteiger partial charge in [0.05, 0.1) is 5.92 Å². The molecule has 2 amide bonds. The van der Waals surface area contributed by atoms with E-state index >= 15 is 0 Å². The molecule has 2 atom stereocenters. The maximum absolute atomic E-state index is 11.6. The molecule has 0 aromatic carbocycles. The Hall–Kier alpha value is -0.810. The van der Waals surface area contributed by atoms with Crippen LogP contribution in [0, 0.1) is 5.92 Å². The number of nitrogens with one attached hydrogen (secondary N) is 3. The van der Waals surface area contributed by atoms with Crippen LogP contribution < -0.4 is 16.0 Å². The van der Waals surface area contributed by atoms with Gasteiger partial charge in [0.2, 0.25) is 11.8 Å². The molecule has 0 aromatic rings. The molecule has 0 aromatic heterocycles. The van der Waals surface area contributed by atoms with Gasteiger partial charge in [-0.15, -0.1) is 12.4 Å². The molecule has 2 unspecified atom stereocenters. The maximum atomic E-state index is 11.6. The summed E-state index contributed by atoms with van der Waals surface area (Å²) in [7, 11) is 0. The van der Waals surface area contributed by atoms with Crippen LogP contribution in [0.4, 0.5) is 0 Å². The lowest BCUT2D eigenvalue weighted by molar-refractivity contribution is -0.130. The molecule has 16 heavy (non-hydrogen) atoms. The summed E-state index contributed by atoms with van der Waals surface area (Å²) < 4.78 is 0. The zero-order valence-electron chi connectivity index (χ0n) is 9.71. The van der Waals surface area contributed by atoms with Crippen LogP contribution in [0.25, 0.3) is 0 Å². The standard InChI is InChI=1S/C10H19N3O2.ClH/c1-3-12-9(14)7(2)13-10(15)8-4-5-11-6-8;/h7-8,11H,3-6H2,1-2H3,(H,12,14)(H,13,15);1H. The van der Waals surface area contributed by atoms with Crippen molar-refractivity contribution in [3.05, 3.63) is 0 Å². The van der Waals surface area contributed by atoms with Crippen LogP contribution in [0.15, 0.2) is 0 Å². The molecule has 5 nitrogen and oxygen atoms in total. The number of carbonyl (C=O) groups excluding carboxylic acids is 2. The van der Waals surface area contributed by atoms with Crippen LogP contribution in [-0.2, 0) is 9.59 Å². The highest BCUT2D eigenvalue weighted by molar-refractivity contribution is 5.88. The molecule has 0 radical (unpaired) electrons. The number of carbonyl (C=O) groups is 2. The Kier molecular flexibility index (Phi) is 7.08. The smallest absolute Gasteiger partial charge is 0.242 e. The van der Waals surface area contributed by atoms with Gasteiger partial charge in [0.1, 0.15) is 6.04 Å². The Labute approximate surface area is 102 Å². The van der Waals surface area contributed by atoms with Crippen LogP contribution in [0.2, 0.25) is 0 Å². The van der Waals surface area contributed by atoms with E-state index in [9.17, 15) is 9.59 Å². The number of halogens is 1. The molecule has 0 spiro atoms. The average molecular weight is 250 g/mol. The van der Waals surface area contributed by atoms with Gasteiger partial charge in [0.15, 0.2) is 0 Å². The van der Waals surface area contributed by atoms with E-state index in [0.29, 0.717) is 13.1 Å². The first-order valence-corrected chi connectivity index (χ1v) is 5.44. The predicted molar refractivity (Wildman–Crippen MR) is 64.5 cm³/mol. The molecular weight excluding hydrogens is 230 g/mol. The highest BCUT2D eigenvalue weighted by atomic mass is 35.5. The number of hydrogen-bond donors (Lipinski definition) is 3. The molecule has 3 N–H and O–H groups in total. The van der Waals surface area contributed by atoms with Crippen molar-refractivity contribution in [2.75, 3.05) is 19.6 Å². The zero-order valence-corrected chi connectivity index (χ0v) is 10.5. The molecule has 1 rings (SSSR count). The van der Waals surface area contributed by atoms with Crippen LogP contribution in [-0.4, -0.2) is 37.5 Å². The molecule has 0 aliphatic carbocycles. The van der Waals surface area contributed by atoms with Crippen molar-refractivity contribution in [2.24, 2.45) is 5.92 Å². The molecule has 1 saturated heterocycles. The third-order valence-electron chi connectivity index (χ3n) is 2.53. The van der Waals surface area contributed by atoms with E-state index < -0.39 is 6.04 Å². The van der Waals surface area contributed by atoms with Crippen molar-refractivity contribution in [2.45, 2.75) is 26.3 Å². The Morgan fingerprint density at radius 2 is 2.19 bits per heavy atom. The minimum atomic E-state index is -0.446. The second kappa shape index (κ2) is 7.46. The number of hydrogen-bond acceptors (Lipinski definition) is 3. The van der Waals surface area contributed by atoms with Crippen molar-refractivity contribution in [1.29, 1.82) is 0 Å². The summed E-state index contributed by atoms with van der Waals surface area (Å²) in [5, 5.41) is 8.51. The molecule has 1 aliphatic rings. The van der Waals surface area contributed by atoms with Gasteiger partial charge in [-0.25, -0.2) is 0 Å². The largest absolute Gasteiger partial charge is 0.355 e. The van der Waals surface area contributed by atoms with Gasteiger partial charge in [-0.05, 0) is 26.8 Å². The average Bonchev–Trinajstić information content (AvgIpc) is 2.70. The molecule has 1 heterocycles. The third kappa shape index (κ3) is 4.37. The normalized spacial score (nSPS) is 20.8. The van der Waals surface area contributed by atoms with Gasteiger partial charge >= 0.3 is 0 Å². The van der Waals surface area contributed by atoms with Gasteiger partial charge in [-0.3, -0.25) is 9.59 Å². The van der Waals surface area contributed by atoms with Gasteiger partial charge in [0.25, 0.3) is 0 Å². The first-order valence-electron chi connectivity index (χ1n) is 5.44. The lowest BCUT2D eigenvalue weighted by Crippen LogP contribution is -2.47. The van der Waals surface area contributed by atoms with Crippen LogP contribution in [0.3, 0.4) is 0 Å². The summed E-state index contributed by atoms with van der Waals surface area (Å²) in [5.74, 6) is -0.141. The number of rotatable bonds is 4. The fraction of sp³-hybridized carbons (Fsp3) is 0.800. The summed E-state index contributed by atoms with van der Waals surface area (Å²) in [4.78, 5) is 23.0. The van der Waals surface area contributed by atoms with E-state index in [4.69, 9.17) is 0 Å². The van der Waals surface area contributed by atoms with Crippen LogP contribution in [0.5, 0.6) is 0 Å². The van der Waals surface area contributed by atoms with E-state index in [2.05, 4.69) is 16.0 Å². The topological polar surface area (TPSA) is 70.2 Å². The van der Waals surface area contributed by atoms with Crippen molar-refractivity contribution < 1.29 is 9.59 Å². The van der Waals surface area contributed by atoms with Crippen molar-refractivity contribution in [3.8, 4) is 0 Å². The number of likely N-dealkylation sites (N-methyl/N-ethyl adjacent to an activating group) is 1. The maximum Gasteiger partial charge on any atom is 0.242 e. The highest BCUT2D eigenvalue weighted by Crippen LogP contribution is 2.07. The summed E-state index contributed by atoms with van der Waals surface area (Å²) >= 11 is 0. The van der Waals surface area contributed by atoms with E-state index in [0.717, 1.165) is 13.0 Å². The quantitative estimate of drug-likeness (QED) is 0.639. The summed E-state index contributed by atoms with van der Waals surface area (Å²) in [5.41, 5.74) is 0. The van der Waals surface area contributed by atoms with Gasteiger partial charge < -0.3 is 16.0 Å². The van der Waals surface area contributed by atoms with Crippen molar-refractivity contribution >= 4 is 24.2 Å². The fourth-order valence-corrected chi connectivity index (χ4v) is 1.60. The SMILES string of the molecule is CCNC(=O)C(C)NC(=O)C1CCNC1.Cl. The second-order valence-electron chi connectivity index (χ2n) is 3.81. The molecule has 1 fully saturated rings. The molecule has 6 heteroatoms. The van der Waals surface area contributed by atoms with Gasteiger partial charge in [-0.2, -0.15) is 0 Å². The predicted octanol–water partition coefficient (Wildman–Crippen LogP) is -0.341. The molecule has 94 valence electrons. The van der Waals surface area contributed by atoms with Gasteiger partial charge in [0, 0.05) is 13.1 Å². The Morgan fingerprint density at radius 1 is 1.50 bits per heavy atom.